The van der Waals surface area contributed by atoms with E-state index in [9.17, 15) is 0 Å². The fourth-order valence-corrected chi connectivity index (χ4v) is 1.97. The van der Waals surface area contributed by atoms with Crippen LogP contribution in [0, 0.1) is 13.8 Å². The lowest BCUT2D eigenvalue weighted by molar-refractivity contribution is 0.572. The lowest BCUT2D eigenvalue weighted by Gasteiger charge is -2.15. The van der Waals surface area contributed by atoms with Gasteiger partial charge in [-0.15, -0.1) is 0 Å². The van der Waals surface area contributed by atoms with Crippen LogP contribution in [-0.2, 0) is 6.42 Å². The maximum Gasteiger partial charge on any atom is 0.0997 e. The molecule has 2 rings (SSSR count). The van der Waals surface area contributed by atoms with Gasteiger partial charge < -0.3 is 5.32 Å². The van der Waals surface area contributed by atoms with Crippen LogP contribution < -0.4 is 5.32 Å². The Bertz CT molecular complexity index is 476. The van der Waals surface area contributed by atoms with Crippen molar-refractivity contribution in [3.8, 4) is 0 Å². The van der Waals surface area contributed by atoms with Gasteiger partial charge in [-0.05, 0) is 38.4 Å². The van der Waals surface area contributed by atoms with Gasteiger partial charge in [-0.25, -0.2) is 0 Å². The van der Waals surface area contributed by atoms with Crippen LogP contribution in [0.3, 0.4) is 0 Å². The van der Waals surface area contributed by atoms with Gasteiger partial charge in [-0.1, -0.05) is 23.8 Å². The van der Waals surface area contributed by atoms with Crippen LogP contribution in [0.4, 0.5) is 0 Å². The van der Waals surface area contributed by atoms with Gasteiger partial charge in [0.2, 0.25) is 0 Å². The van der Waals surface area contributed by atoms with Crippen molar-refractivity contribution in [2.24, 2.45) is 0 Å². The van der Waals surface area contributed by atoms with Crippen molar-refractivity contribution in [2.75, 3.05) is 7.05 Å². The number of aryl methyl sites for hydroxylation is 2. The summed E-state index contributed by atoms with van der Waals surface area (Å²) in [6.45, 7) is 4.26. The largest absolute Gasteiger partial charge is 0.311 e. The van der Waals surface area contributed by atoms with Gasteiger partial charge in [0.15, 0.2) is 0 Å². The topological polar surface area (TPSA) is 53.6 Å². The van der Waals surface area contributed by atoms with Crippen LogP contribution in [-0.4, -0.2) is 22.5 Å². The van der Waals surface area contributed by atoms with E-state index < -0.39 is 0 Å². The molecule has 0 bridgehead atoms. The van der Waals surface area contributed by atoms with E-state index in [-0.39, 0.29) is 6.04 Å². The van der Waals surface area contributed by atoms with Crippen LogP contribution in [0.2, 0.25) is 0 Å². The number of hydrogen-bond acceptors (Lipinski definition) is 3. The molecule has 1 aromatic heterocycles. The molecule has 1 heterocycles. The quantitative estimate of drug-likeness (QED) is 0.843. The maximum absolute atomic E-state index is 4.14. The van der Waals surface area contributed by atoms with Crippen molar-refractivity contribution >= 4 is 0 Å². The predicted octanol–water partition coefficient (Wildman–Crippen LogP) is 1.92. The van der Waals surface area contributed by atoms with E-state index in [0.29, 0.717) is 0 Å². The second kappa shape index (κ2) is 5.10. The van der Waals surface area contributed by atoms with Gasteiger partial charge in [0, 0.05) is 0 Å². The fraction of sp³-hybridized carbons (Fsp3) is 0.385. The molecule has 1 unspecified atom stereocenters. The summed E-state index contributed by atoms with van der Waals surface area (Å²) in [5, 5.41) is 13.9. The summed E-state index contributed by atoms with van der Waals surface area (Å²) in [5.41, 5.74) is 4.92. The average molecular weight is 230 g/mol. The van der Waals surface area contributed by atoms with Crippen LogP contribution in [0.1, 0.15) is 28.4 Å². The van der Waals surface area contributed by atoms with Crippen molar-refractivity contribution in [3.05, 3.63) is 46.8 Å². The molecule has 0 spiro atoms. The number of aromatic nitrogens is 3. The normalized spacial score (nSPS) is 12.6. The fourth-order valence-electron chi connectivity index (χ4n) is 1.97. The molecule has 2 aromatic rings. The van der Waals surface area contributed by atoms with Crippen LogP contribution >= 0.6 is 0 Å². The molecule has 0 aliphatic heterocycles. The monoisotopic (exact) mass is 230 g/mol. The zero-order valence-electron chi connectivity index (χ0n) is 10.5. The molecule has 2 N–H and O–H groups in total. The number of hydrogen-bond donors (Lipinski definition) is 2. The number of nitrogens with one attached hydrogen (secondary N) is 2. The van der Waals surface area contributed by atoms with Gasteiger partial charge in [-0.2, -0.15) is 15.4 Å². The molecule has 0 amide bonds. The first-order valence-electron chi connectivity index (χ1n) is 5.79. The lowest BCUT2D eigenvalue weighted by Crippen LogP contribution is -2.19. The predicted molar refractivity (Wildman–Crippen MR) is 67.8 cm³/mol. The van der Waals surface area contributed by atoms with E-state index >= 15 is 0 Å². The highest BCUT2D eigenvalue weighted by molar-refractivity contribution is 5.31. The third kappa shape index (κ3) is 2.71. The molecule has 0 radical (unpaired) electrons. The first-order chi connectivity index (χ1) is 8.20. The Morgan fingerprint density at radius 3 is 2.82 bits per heavy atom. The summed E-state index contributed by atoms with van der Waals surface area (Å²) in [5.74, 6) is 0. The van der Waals surface area contributed by atoms with Gasteiger partial charge in [0.1, 0.15) is 0 Å². The average Bonchev–Trinajstić information content (AvgIpc) is 2.84. The highest BCUT2D eigenvalue weighted by Crippen LogP contribution is 2.19. The van der Waals surface area contributed by atoms with E-state index in [4.69, 9.17) is 0 Å². The van der Waals surface area contributed by atoms with Crippen molar-refractivity contribution < 1.29 is 0 Å². The minimum Gasteiger partial charge on any atom is -0.311 e. The zero-order valence-corrected chi connectivity index (χ0v) is 10.5. The van der Waals surface area contributed by atoms with Gasteiger partial charge >= 0.3 is 0 Å². The molecule has 0 fully saturated rings. The van der Waals surface area contributed by atoms with Gasteiger partial charge in [0.25, 0.3) is 0 Å². The number of H-pyrrole nitrogens is 1. The number of aromatic amines is 1. The van der Waals surface area contributed by atoms with E-state index in [2.05, 4.69) is 52.8 Å². The molecule has 0 saturated carbocycles. The standard InChI is InChI=1S/C13H18N4/c1-9-4-5-10(2)11(6-9)7-12(14-3)13-8-15-17-16-13/h4-6,8,12,14H,7H2,1-3H3,(H,15,16,17). The Labute approximate surface area is 101 Å². The Morgan fingerprint density at radius 1 is 1.35 bits per heavy atom. The number of nitrogens with zero attached hydrogens (tertiary/aromatic N) is 2. The van der Waals surface area contributed by atoms with Crippen molar-refractivity contribution in [1.82, 2.24) is 20.7 Å². The smallest absolute Gasteiger partial charge is 0.0997 e. The number of benzene rings is 1. The van der Waals surface area contributed by atoms with Crippen molar-refractivity contribution in [3.63, 3.8) is 0 Å². The maximum atomic E-state index is 4.14. The van der Waals surface area contributed by atoms with Crippen molar-refractivity contribution in [1.29, 1.82) is 0 Å². The van der Waals surface area contributed by atoms with Gasteiger partial charge in [-0.3, -0.25) is 0 Å². The van der Waals surface area contributed by atoms with E-state index in [1.54, 1.807) is 6.20 Å². The third-order valence-corrected chi connectivity index (χ3v) is 3.07. The first kappa shape index (κ1) is 11.8. The lowest BCUT2D eigenvalue weighted by atomic mass is 9.98. The van der Waals surface area contributed by atoms with E-state index in [0.717, 1.165) is 12.1 Å². The first-order valence-corrected chi connectivity index (χ1v) is 5.79. The summed E-state index contributed by atoms with van der Waals surface area (Å²) in [4.78, 5) is 0. The molecule has 0 saturated heterocycles. The zero-order chi connectivity index (χ0) is 12.3. The number of rotatable bonds is 4. The minimum atomic E-state index is 0.203. The second-order valence-electron chi connectivity index (χ2n) is 4.37. The molecule has 4 heteroatoms. The molecule has 1 aromatic carbocycles. The van der Waals surface area contributed by atoms with Gasteiger partial charge in [0.05, 0.1) is 17.9 Å². The number of likely N-dealkylation sites (N-methyl/N-ethyl adjacent to an activating group) is 1. The second-order valence-corrected chi connectivity index (χ2v) is 4.37. The Balaban J connectivity index is 2.21. The Morgan fingerprint density at radius 2 is 2.18 bits per heavy atom. The van der Waals surface area contributed by atoms with E-state index in [1.165, 1.54) is 16.7 Å². The van der Waals surface area contributed by atoms with Crippen LogP contribution in [0.15, 0.2) is 24.4 Å². The van der Waals surface area contributed by atoms with Crippen LogP contribution in [0.5, 0.6) is 0 Å². The van der Waals surface area contributed by atoms with Crippen molar-refractivity contribution in [2.45, 2.75) is 26.3 Å². The van der Waals surface area contributed by atoms with E-state index in [1.807, 2.05) is 7.05 Å². The molecule has 0 aliphatic rings. The summed E-state index contributed by atoms with van der Waals surface area (Å²) >= 11 is 0. The molecule has 90 valence electrons. The molecule has 4 nitrogen and oxygen atoms in total. The Hall–Kier alpha value is -1.68. The molecule has 17 heavy (non-hydrogen) atoms. The summed E-state index contributed by atoms with van der Waals surface area (Å²) < 4.78 is 0. The minimum absolute atomic E-state index is 0.203. The highest BCUT2D eigenvalue weighted by Gasteiger charge is 2.13. The summed E-state index contributed by atoms with van der Waals surface area (Å²) in [6, 6.07) is 6.75. The Kier molecular flexibility index (Phi) is 3.54. The molecular weight excluding hydrogens is 212 g/mol. The SMILES string of the molecule is CNC(Cc1cc(C)ccc1C)c1cn[nH]n1. The summed E-state index contributed by atoms with van der Waals surface area (Å²) in [6.07, 6.45) is 2.70. The summed E-state index contributed by atoms with van der Waals surface area (Å²) in [7, 11) is 1.95. The van der Waals surface area contributed by atoms with Crippen LogP contribution in [0.25, 0.3) is 0 Å². The molecular formula is C13H18N4. The molecule has 0 aliphatic carbocycles. The highest BCUT2D eigenvalue weighted by atomic mass is 15.3. The molecule has 1 atom stereocenters. The third-order valence-electron chi connectivity index (χ3n) is 3.07.